The Balaban J connectivity index is 3.26. The summed E-state index contributed by atoms with van der Waals surface area (Å²) in [4.78, 5) is 0.285. The summed E-state index contributed by atoms with van der Waals surface area (Å²) in [5.41, 5.74) is 1.73. The van der Waals surface area contributed by atoms with Gasteiger partial charge in [0.2, 0.25) is 0 Å². The summed E-state index contributed by atoms with van der Waals surface area (Å²) in [6.45, 7) is 7.52. The number of aryl methyl sites for hydroxylation is 2. The van der Waals surface area contributed by atoms with Crippen molar-refractivity contribution in [1.29, 1.82) is 5.26 Å². The lowest BCUT2D eigenvalue weighted by atomic mass is 10.0. The van der Waals surface area contributed by atoms with Crippen LogP contribution in [-0.4, -0.2) is 13.7 Å². The first-order valence-electron chi connectivity index (χ1n) is 6.55. The largest absolute Gasteiger partial charge is 0.222 e. The Morgan fingerprint density at radius 1 is 1.32 bits per heavy atom. The zero-order valence-electron chi connectivity index (χ0n) is 12.0. The third-order valence-corrected chi connectivity index (χ3v) is 5.67. The fourth-order valence-electron chi connectivity index (χ4n) is 2.36. The van der Waals surface area contributed by atoms with Crippen molar-refractivity contribution in [2.75, 3.05) is 0 Å². The minimum Gasteiger partial charge on any atom is -0.222 e. The van der Waals surface area contributed by atoms with Crippen molar-refractivity contribution in [2.45, 2.75) is 50.7 Å². The molecule has 19 heavy (non-hydrogen) atoms. The number of rotatable bonds is 5. The van der Waals surface area contributed by atoms with Crippen LogP contribution in [0.2, 0.25) is 0 Å². The summed E-state index contributed by atoms with van der Waals surface area (Å²) in [6.07, 6.45) is 1.62. The number of nitriles is 1. The standard InChI is InChI=1S/C15H21NO2S/c1-5-6-12(3)15(10-16)19(17,18)14-8-7-11(2)9-13(14)4/h7-9,12,15H,5-6H2,1-4H3. The van der Waals surface area contributed by atoms with Crippen molar-refractivity contribution in [3.05, 3.63) is 29.3 Å². The van der Waals surface area contributed by atoms with Crippen molar-refractivity contribution in [2.24, 2.45) is 5.92 Å². The number of hydrogen-bond donors (Lipinski definition) is 0. The fraction of sp³-hybridized carbons (Fsp3) is 0.533. The van der Waals surface area contributed by atoms with Crippen molar-refractivity contribution in [3.8, 4) is 6.07 Å². The fourth-order valence-corrected chi connectivity index (χ4v) is 4.29. The van der Waals surface area contributed by atoms with Gasteiger partial charge in [-0.25, -0.2) is 8.42 Å². The molecule has 2 unspecified atom stereocenters. The first-order valence-corrected chi connectivity index (χ1v) is 8.10. The van der Waals surface area contributed by atoms with E-state index in [0.717, 1.165) is 18.4 Å². The Kier molecular flexibility index (Phi) is 5.13. The summed E-state index contributed by atoms with van der Waals surface area (Å²) in [6, 6.07) is 7.21. The average Bonchev–Trinajstić information content (AvgIpc) is 2.28. The molecule has 0 heterocycles. The molecule has 0 radical (unpaired) electrons. The molecule has 0 aliphatic carbocycles. The summed E-state index contributed by atoms with van der Waals surface area (Å²) < 4.78 is 25.2. The minimum atomic E-state index is -3.58. The summed E-state index contributed by atoms with van der Waals surface area (Å²) >= 11 is 0. The molecule has 2 atom stereocenters. The summed E-state index contributed by atoms with van der Waals surface area (Å²) in [7, 11) is -3.58. The smallest absolute Gasteiger partial charge is 0.195 e. The highest BCUT2D eigenvalue weighted by Gasteiger charge is 2.32. The van der Waals surface area contributed by atoms with Gasteiger partial charge in [0.1, 0.15) is 0 Å². The predicted octanol–water partition coefficient (Wildman–Crippen LogP) is 3.41. The number of sulfone groups is 1. The molecule has 0 bridgehead atoms. The molecular formula is C15H21NO2S. The van der Waals surface area contributed by atoms with E-state index in [1.165, 1.54) is 0 Å². The molecule has 0 aromatic heterocycles. The van der Waals surface area contributed by atoms with Gasteiger partial charge in [0.05, 0.1) is 11.0 Å². The second kappa shape index (κ2) is 6.21. The molecule has 1 aromatic carbocycles. The lowest BCUT2D eigenvalue weighted by Crippen LogP contribution is -2.27. The van der Waals surface area contributed by atoms with E-state index in [-0.39, 0.29) is 10.8 Å². The van der Waals surface area contributed by atoms with E-state index in [4.69, 9.17) is 0 Å². The molecule has 4 heteroatoms. The van der Waals surface area contributed by atoms with Crippen LogP contribution in [0.15, 0.2) is 23.1 Å². The Bertz CT molecular complexity index is 585. The van der Waals surface area contributed by atoms with Crippen molar-refractivity contribution >= 4 is 9.84 Å². The number of hydrogen-bond acceptors (Lipinski definition) is 3. The topological polar surface area (TPSA) is 57.9 Å². The molecule has 0 fully saturated rings. The van der Waals surface area contributed by atoms with Crippen LogP contribution in [0.1, 0.15) is 37.8 Å². The monoisotopic (exact) mass is 279 g/mol. The molecule has 0 spiro atoms. The van der Waals surface area contributed by atoms with Gasteiger partial charge in [-0.1, -0.05) is 38.0 Å². The van der Waals surface area contributed by atoms with Gasteiger partial charge in [0.25, 0.3) is 0 Å². The Hall–Kier alpha value is -1.34. The van der Waals surface area contributed by atoms with E-state index in [1.807, 2.05) is 32.9 Å². The van der Waals surface area contributed by atoms with Gasteiger partial charge in [-0.05, 0) is 37.8 Å². The third kappa shape index (κ3) is 3.36. The quantitative estimate of drug-likeness (QED) is 0.830. The predicted molar refractivity (Wildman–Crippen MR) is 76.6 cm³/mol. The van der Waals surface area contributed by atoms with Crippen LogP contribution in [0, 0.1) is 31.1 Å². The summed E-state index contributed by atoms with van der Waals surface area (Å²) in [5, 5.41) is 8.27. The second-order valence-electron chi connectivity index (χ2n) is 5.13. The van der Waals surface area contributed by atoms with Gasteiger partial charge in [-0.3, -0.25) is 0 Å². The molecule has 1 aromatic rings. The molecule has 0 aliphatic heterocycles. The van der Waals surface area contributed by atoms with E-state index in [0.29, 0.717) is 5.56 Å². The Morgan fingerprint density at radius 2 is 1.95 bits per heavy atom. The van der Waals surface area contributed by atoms with Crippen LogP contribution in [0.25, 0.3) is 0 Å². The molecule has 1 rings (SSSR count). The SMILES string of the molecule is CCCC(C)C(C#N)S(=O)(=O)c1ccc(C)cc1C. The highest BCUT2D eigenvalue weighted by atomic mass is 32.2. The van der Waals surface area contributed by atoms with E-state index in [1.54, 1.807) is 19.1 Å². The maximum atomic E-state index is 12.6. The molecular weight excluding hydrogens is 258 g/mol. The van der Waals surface area contributed by atoms with Crippen molar-refractivity contribution < 1.29 is 8.42 Å². The van der Waals surface area contributed by atoms with Gasteiger partial charge >= 0.3 is 0 Å². The molecule has 104 valence electrons. The molecule has 0 amide bonds. The van der Waals surface area contributed by atoms with Crippen LogP contribution >= 0.6 is 0 Å². The Morgan fingerprint density at radius 3 is 2.42 bits per heavy atom. The third-order valence-electron chi connectivity index (χ3n) is 3.36. The van der Waals surface area contributed by atoms with Crippen LogP contribution in [-0.2, 0) is 9.84 Å². The molecule has 0 saturated heterocycles. The molecule has 0 saturated carbocycles. The normalized spacial score (nSPS) is 14.7. The van der Waals surface area contributed by atoms with E-state index >= 15 is 0 Å². The summed E-state index contributed by atoms with van der Waals surface area (Å²) in [5.74, 6) is -0.152. The Labute approximate surface area is 116 Å². The molecule has 0 N–H and O–H groups in total. The number of benzene rings is 1. The van der Waals surface area contributed by atoms with Gasteiger partial charge in [-0.2, -0.15) is 5.26 Å². The van der Waals surface area contributed by atoms with Crippen LogP contribution < -0.4 is 0 Å². The zero-order chi connectivity index (χ0) is 14.6. The molecule has 3 nitrogen and oxygen atoms in total. The highest BCUT2D eigenvalue weighted by Crippen LogP contribution is 2.26. The van der Waals surface area contributed by atoms with E-state index in [9.17, 15) is 13.7 Å². The van der Waals surface area contributed by atoms with Crippen LogP contribution in [0.4, 0.5) is 0 Å². The van der Waals surface area contributed by atoms with Gasteiger partial charge in [0, 0.05) is 0 Å². The van der Waals surface area contributed by atoms with Gasteiger partial charge in [-0.15, -0.1) is 0 Å². The molecule has 0 aliphatic rings. The van der Waals surface area contributed by atoms with E-state index < -0.39 is 15.1 Å². The maximum absolute atomic E-state index is 12.6. The van der Waals surface area contributed by atoms with Crippen LogP contribution in [0.5, 0.6) is 0 Å². The van der Waals surface area contributed by atoms with Gasteiger partial charge < -0.3 is 0 Å². The maximum Gasteiger partial charge on any atom is 0.195 e. The first kappa shape index (κ1) is 15.7. The minimum absolute atomic E-state index is 0.152. The second-order valence-corrected chi connectivity index (χ2v) is 7.17. The zero-order valence-corrected chi connectivity index (χ0v) is 12.8. The van der Waals surface area contributed by atoms with Crippen LogP contribution in [0.3, 0.4) is 0 Å². The lowest BCUT2D eigenvalue weighted by molar-refractivity contribution is 0.511. The lowest BCUT2D eigenvalue weighted by Gasteiger charge is -2.18. The van der Waals surface area contributed by atoms with E-state index in [2.05, 4.69) is 0 Å². The van der Waals surface area contributed by atoms with Crippen molar-refractivity contribution in [3.63, 3.8) is 0 Å². The highest BCUT2D eigenvalue weighted by molar-refractivity contribution is 7.92. The average molecular weight is 279 g/mol. The first-order chi connectivity index (χ1) is 8.84. The number of nitrogens with zero attached hydrogens (tertiary/aromatic N) is 1. The van der Waals surface area contributed by atoms with Gasteiger partial charge in [0.15, 0.2) is 15.1 Å². The van der Waals surface area contributed by atoms with Crippen molar-refractivity contribution in [1.82, 2.24) is 0 Å².